The Morgan fingerprint density at radius 3 is 3.00 bits per heavy atom. The van der Waals surface area contributed by atoms with Gasteiger partial charge >= 0.3 is 5.69 Å². The SMILES string of the molecule is Cn1c(N)c(NCCc2ncno2)c(=O)[nH]c1=O. The van der Waals surface area contributed by atoms with Gasteiger partial charge in [0, 0.05) is 20.0 Å². The second-order valence-corrected chi connectivity index (χ2v) is 3.59. The Bertz CT molecular complexity index is 641. The average Bonchev–Trinajstić information content (AvgIpc) is 2.84. The molecule has 2 aromatic rings. The lowest BCUT2D eigenvalue weighted by Crippen LogP contribution is -2.32. The highest BCUT2D eigenvalue weighted by atomic mass is 16.5. The summed E-state index contributed by atoms with van der Waals surface area (Å²) in [5.74, 6) is 0.525. The van der Waals surface area contributed by atoms with Crippen molar-refractivity contribution >= 4 is 11.5 Å². The van der Waals surface area contributed by atoms with Crippen LogP contribution in [0.4, 0.5) is 11.5 Å². The molecule has 0 atom stereocenters. The zero-order chi connectivity index (χ0) is 13.1. The molecule has 0 amide bonds. The molecule has 0 unspecified atom stereocenters. The number of nitrogen functional groups attached to an aromatic ring is 1. The lowest BCUT2D eigenvalue weighted by Gasteiger charge is -2.09. The minimum Gasteiger partial charge on any atom is -0.383 e. The Morgan fingerprint density at radius 2 is 2.33 bits per heavy atom. The Labute approximate surface area is 101 Å². The maximum atomic E-state index is 11.5. The predicted octanol–water partition coefficient (Wildman–Crippen LogP) is -1.31. The summed E-state index contributed by atoms with van der Waals surface area (Å²) >= 11 is 0. The van der Waals surface area contributed by atoms with Gasteiger partial charge in [0.1, 0.15) is 11.5 Å². The molecule has 4 N–H and O–H groups in total. The Kier molecular flexibility index (Phi) is 3.13. The third-order valence-corrected chi connectivity index (χ3v) is 2.42. The molecule has 9 heteroatoms. The fraction of sp³-hybridized carbons (Fsp3) is 0.333. The van der Waals surface area contributed by atoms with Crippen LogP contribution in [-0.4, -0.2) is 26.2 Å². The molecule has 0 fully saturated rings. The van der Waals surface area contributed by atoms with Gasteiger partial charge in [0.05, 0.1) is 0 Å². The molecule has 0 aliphatic heterocycles. The minimum atomic E-state index is -0.556. The smallest absolute Gasteiger partial charge is 0.329 e. The van der Waals surface area contributed by atoms with Gasteiger partial charge in [0.2, 0.25) is 5.89 Å². The highest BCUT2D eigenvalue weighted by Crippen LogP contribution is 2.08. The summed E-state index contributed by atoms with van der Waals surface area (Å²) in [5.41, 5.74) is 4.71. The van der Waals surface area contributed by atoms with Crippen LogP contribution in [-0.2, 0) is 13.5 Å². The summed E-state index contributed by atoms with van der Waals surface area (Å²) in [4.78, 5) is 28.8. The van der Waals surface area contributed by atoms with Crippen molar-refractivity contribution in [2.24, 2.45) is 7.05 Å². The normalized spacial score (nSPS) is 10.5. The third-order valence-electron chi connectivity index (χ3n) is 2.42. The summed E-state index contributed by atoms with van der Waals surface area (Å²) in [7, 11) is 1.47. The highest BCUT2D eigenvalue weighted by Gasteiger charge is 2.09. The molecular weight excluding hydrogens is 240 g/mol. The van der Waals surface area contributed by atoms with Crippen molar-refractivity contribution in [2.75, 3.05) is 17.6 Å². The first-order valence-corrected chi connectivity index (χ1v) is 5.18. The first-order chi connectivity index (χ1) is 8.59. The molecular formula is C9H12N6O3. The molecule has 96 valence electrons. The number of H-pyrrole nitrogens is 1. The van der Waals surface area contributed by atoms with Crippen LogP contribution in [0.3, 0.4) is 0 Å². The number of aromatic nitrogens is 4. The Hall–Kier alpha value is -2.58. The maximum Gasteiger partial charge on any atom is 0.329 e. The fourth-order valence-corrected chi connectivity index (χ4v) is 1.41. The molecule has 0 radical (unpaired) electrons. The zero-order valence-corrected chi connectivity index (χ0v) is 9.64. The van der Waals surface area contributed by atoms with Crippen LogP contribution in [0.25, 0.3) is 0 Å². The molecule has 0 aromatic carbocycles. The second kappa shape index (κ2) is 4.73. The van der Waals surface area contributed by atoms with Crippen LogP contribution in [0.1, 0.15) is 5.89 Å². The van der Waals surface area contributed by atoms with Gasteiger partial charge in [0.15, 0.2) is 6.33 Å². The number of nitrogens with zero attached hydrogens (tertiary/aromatic N) is 3. The van der Waals surface area contributed by atoms with Gasteiger partial charge in [-0.3, -0.25) is 14.3 Å². The van der Waals surface area contributed by atoms with Crippen LogP contribution in [0.2, 0.25) is 0 Å². The Morgan fingerprint density at radius 1 is 1.56 bits per heavy atom. The monoisotopic (exact) mass is 252 g/mol. The van der Waals surface area contributed by atoms with Crippen LogP contribution in [0.5, 0.6) is 0 Å². The number of aromatic amines is 1. The third kappa shape index (κ3) is 2.24. The number of nitrogens with two attached hydrogens (primary N) is 1. The molecule has 0 saturated heterocycles. The molecule has 0 aliphatic carbocycles. The summed E-state index contributed by atoms with van der Waals surface area (Å²) in [5, 5.41) is 6.29. The van der Waals surface area contributed by atoms with Gasteiger partial charge in [-0.1, -0.05) is 5.16 Å². The van der Waals surface area contributed by atoms with Crippen LogP contribution < -0.4 is 22.3 Å². The first-order valence-electron chi connectivity index (χ1n) is 5.18. The topological polar surface area (TPSA) is 132 Å². The van der Waals surface area contributed by atoms with E-state index in [9.17, 15) is 9.59 Å². The Balaban J connectivity index is 2.12. The van der Waals surface area contributed by atoms with Crippen molar-refractivity contribution in [3.8, 4) is 0 Å². The van der Waals surface area contributed by atoms with Crippen LogP contribution >= 0.6 is 0 Å². The predicted molar refractivity (Wildman–Crippen MR) is 63.2 cm³/mol. The molecule has 2 rings (SSSR count). The number of hydrogen-bond acceptors (Lipinski definition) is 7. The summed E-state index contributed by atoms with van der Waals surface area (Å²) < 4.78 is 5.95. The lowest BCUT2D eigenvalue weighted by atomic mass is 10.4. The zero-order valence-electron chi connectivity index (χ0n) is 9.64. The fourth-order valence-electron chi connectivity index (χ4n) is 1.41. The molecule has 2 aromatic heterocycles. The lowest BCUT2D eigenvalue weighted by molar-refractivity contribution is 0.380. The van der Waals surface area contributed by atoms with E-state index in [-0.39, 0.29) is 11.5 Å². The van der Waals surface area contributed by atoms with E-state index < -0.39 is 11.2 Å². The van der Waals surface area contributed by atoms with Gasteiger partial charge in [0.25, 0.3) is 5.56 Å². The van der Waals surface area contributed by atoms with E-state index in [0.29, 0.717) is 18.9 Å². The van der Waals surface area contributed by atoms with Crippen molar-refractivity contribution in [3.63, 3.8) is 0 Å². The van der Waals surface area contributed by atoms with Crippen molar-refractivity contribution in [2.45, 2.75) is 6.42 Å². The molecule has 0 bridgehead atoms. The van der Waals surface area contributed by atoms with Crippen molar-refractivity contribution < 1.29 is 4.52 Å². The van der Waals surface area contributed by atoms with Gasteiger partial charge < -0.3 is 15.6 Å². The maximum absolute atomic E-state index is 11.5. The number of hydrogen-bond donors (Lipinski definition) is 3. The van der Waals surface area contributed by atoms with Crippen molar-refractivity contribution in [3.05, 3.63) is 33.1 Å². The van der Waals surface area contributed by atoms with E-state index >= 15 is 0 Å². The molecule has 0 aliphatic rings. The number of nitrogens with one attached hydrogen (secondary N) is 2. The van der Waals surface area contributed by atoms with E-state index in [1.54, 1.807) is 0 Å². The molecule has 0 spiro atoms. The van der Waals surface area contributed by atoms with E-state index in [1.165, 1.54) is 13.4 Å². The van der Waals surface area contributed by atoms with E-state index in [4.69, 9.17) is 10.3 Å². The number of anilines is 2. The summed E-state index contributed by atoms with van der Waals surface area (Å²) in [6.07, 6.45) is 1.74. The van der Waals surface area contributed by atoms with Gasteiger partial charge in [-0.25, -0.2) is 4.79 Å². The van der Waals surface area contributed by atoms with Crippen molar-refractivity contribution in [1.29, 1.82) is 0 Å². The molecule has 18 heavy (non-hydrogen) atoms. The highest BCUT2D eigenvalue weighted by molar-refractivity contribution is 5.60. The summed E-state index contributed by atoms with van der Waals surface area (Å²) in [6, 6.07) is 0. The minimum absolute atomic E-state index is 0.0780. The van der Waals surface area contributed by atoms with E-state index in [1.807, 2.05) is 0 Å². The molecule has 2 heterocycles. The second-order valence-electron chi connectivity index (χ2n) is 3.59. The van der Waals surface area contributed by atoms with E-state index in [2.05, 4.69) is 20.4 Å². The largest absolute Gasteiger partial charge is 0.383 e. The standard InChI is InChI=1S/C9H12N6O3/c1-15-7(10)6(8(16)14-9(15)17)11-3-2-5-12-4-13-18-5/h4,11H,2-3,10H2,1H3,(H,14,16,17). The average molecular weight is 252 g/mol. The van der Waals surface area contributed by atoms with E-state index in [0.717, 1.165) is 4.57 Å². The first kappa shape index (κ1) is 11.9. The molecule has 0 saturated carbocycles. The van der Waals surface area contributed by atoms with Gasteiger partial charge in [-0.05, 0) is 0 Å². The quantitative estimate of drug-likeness (QED) is 0.615. The van der Waals surface area contributed by atoms with Crippen LogP contribution in [0, 0.1) is 0 Å². The van der Waals surface area contributed by atoms with Crippen LogP contribution in [0.15, 0.2) is 20.4 Å². The van der Waals surface area contributed by atoms with Crippen molar-refractivity contribution in [1.82, 2.24) is 19.7 Å². The van der Waals surface area contributed by atoms with Gasteiger partial charge in [-0.15, -0.1) is 0 Å². The van der Waals surface area contributed by atoms with Gasteiger partial charge in [-0.2, -0.15) is 4.98 Å². The number of rotatable bonds is 4. The molecule has 9 nitrogen and oxygen atoms in total. The summed E-state index contributed by atoms with van der Waals surface area (Å²) in [6.45, 7) is 0.383.